The van der Waals surface area contributed by atoms with E-state index in [0.717, 1.165) is 24.1 Å². The third kappa shape index (κ3) is 2.54. The molecule has 1 aromatic carbocycles. The molecule has 4 nitrogen and oxygen atoms in total. The van der Waals surface area contributed by atoms with Gasteiger partial charge in [0.25, 0.3) is 0 Å². The standard InChI is InChI=1S/C13H13ClN2O2/c1-2-5-16-8-10(7-15-16)9-3-4-12(14)11(6-9)13(17)18/h3-4,6-8H,2,5H2,1H3,(H,17,18). The number of benzene rings is 1. The highest BCUT2D eigenvalue weighted by molar-refractivity contribution is 6.33. The molecular weight excluding hydrogens is 252 g/mol. The molecule has 1 aromatic heterocycles. The average molecular weight is 265 g/mol. The molecule has 0 amide bonds. The van der Waals surface area contributed by atoms with E-state index in [1.54, 1.807) is 24.4 Å². The number of carbonyl (C=O) groups is 1. The van der Waals surface area contributed by atoms with Crippen LogP contribution in [-0.4, -0.2) is 20.9 Å². The van der Waals surface area contributed by atoms with Gasteiger partial charge in [0.2, 0.25) is 0 Å². The number of aryl methyl sites for hydroxylation is 1. The highest BCUT2D eigenvalue weighted by Gasteiger charge is 2.11. The largest absolute Gasteiger partial charge is 0.478 e. The van der Waals surface area contributed by atoms with Crippen molar-refractivity contribution >= 4 is 17.6 Å². The summed E-state index contributed by atoms with van der Waals surface area (Å²) < 4.78 is 1.84. The third-order valence-corrected chi connectivity index (χ3v) is 2.95. The van der Waals surface area contributed by atoms with E-state index in [0.29, 0.717) is 0 Å². The lowest BCUT2D eigenvalue weighted by Gasteiger charge is -2.02. The fraction of sp³-hybridized carbons (Fsp3) is 0.231. The molecular formula is C13H13ClN2O2. The van der Waals surface area contributed by atoms with Crippen molar-refractivity contribution in [3.63, 3.8) is 0 Å². The van der Waals surface area contributed by atoms with Crippen molar-refractivity contribution in [2.24, 2.45) is 0 Å². The topological polar surface area (TPSA) is 55.1 Å². The molecule has 2 rings (SSSR count). The van der Waals surface area contributed by atoms with Crippen molar-refractivity contribution in [2.75, 3.05) is 0 Å². The normalized spacial score (nSPS) is 10.6. The zero-order chi connectivity index (χ0) is 13.1. The Bertz CT molecular complexity index is 578. The van der Waals surface area contributed by atoms with Gasteiger partial charge in [-0.2, -0.15) is 5.10 Å². The van der Waals surface area contributed by atoms with Crippen LogP contribution in [-0.2, 0) is 6.54 Å². The first-order valence-electron chi connectivity index (χ1n) is 5.67. The Balaban J connectivity index is 2.38. The van der Waals surface area contributed by atoms with Crippen molar-refractivity contribution in [3.05, 3.63) is 41.2 Å². The van der Waals surface area contributed by atoms with Crippen LogP contribution < -0.4 is 0 Å². The smallest absolute Gasteiger partial charge is 0.337 e. The van der Waals surface area contributed by atoms with Gasteiger partial charge in [-0.25, -0.2) is 4.79 Å². The van der Waals surface area contributed by atoms with E-state index in [9.17, 15) is 4.79 Å². The number of halogens is 1. The Morgan fingerprint density at radius 1 is 1.44 bits per heavy atom. The van der Waals surface area contributed by atoms with Gasteiger partial charge in [0.1, 0.15) is 0 Å². The predicted octanol–water partition coefficient (Wildman–Crippen LogP) is 3.31. The van der Waals surface area contributed by atoms with Crippen LogP contribution >= 0.6 is 11.6 Å². The Hall–Kier alpha value is -1.81. The summed E-state index contributed by atoms with van der Waals surface area (Å²) in [6, 6.07) is 4.96. The van der Waals surface area contributed by atoms with Crippen LogP contribution in [0, 0.1) is 0 Å². The lowest BCUT2D eigenvalue weighted by Crippen LogP contribution is -1.97. The zero-order valence-electron chi connectivity index (χ0n) is 9.93. The van der Waals surface area contributed by atoms with E-state index in [1.807, 2.05) is 10.9 Å². The summed E-state index contributed by atoms with van der Waals surface area (Å²) in [6.07, 6.45) is 4.63. The Morgan fingerprint density at radius 3 is 2.89 bits per heavy atom. The van der Waals surface area contributed by atoms with Gasteiger partial charge in [-0.3, -0.25) is 4.68 Å². The van der Waals surface area contributed by atoms with Gasteiger partial charge in [0.15, 0.2) is 0 Å². The van der Waals surface area contributed by atoms with Crippen LogP contribution in [0.5, 0.6) is 0 Å². The zero-order valence-corrected chi connectivity index (χ0v) is 10.7. The fourth-order valence-corrected chi connectivity index (χ4v) is 1.93. The third-order valence-electron chi connectivity index (χ3n) is 2.62. The maximum absolute atomic E-state index is 11.0. The molecule has 0 aliphatic heterocycles. The molecule has 5 heteroatoms. The number of carboxylic acid groups (broad SMARTS) is 1. The molecule has 94 valence electrons. The van der Waals surface area contributed by atoms with E-state index in [4.69, 9.17) is 16.7 Å². The second kappa shape index (κ2) is 5.23. The van der Waals surface area contributed by atoms with Crippen molar-refractivity contribution < 1.29 is 9.90 Å². The summed E-state index contributed by atoms with van der Waals surface area (Å²) >= 11 is 5.83. The molecule has 0 aliphatic rings. The summed E-state index contributed by atoms with van der Waals surface area (Å²) in [5.41, 5.74) is 1.80. The van der Waals surface area contributed by atoms with Crippen LogP contribution in [0.4, 0.5) is 0 Å². The molecule has 0 fully saturated rings. The summed E-state index contributed by atoms with van der Waals surface area (Å²) in [5, 5.41) is 13.5. The van der Waals surface area contributed by atoms with Gasteiger partial charge < -0.3 is 5.11 Å². The first-order chi connectivity index (χ1) is 8.61. The SMILES string of the molecule is CCCn1cc(-c2ccc(Cl)c(C(=O)O)c2)cn1. The molecule has 2 aromatic rings. The van der Waals surface area contributed by atoms with E-state index < -0.39 is 5.97 Å². The molecule has 0 atom stereocenters. The Morgan fingerprint density at radius 2 is 2.22 bits per heavy atom. The maximum Gasteiger partial charge on any atom is 0.337 e. The average Bonchev–Trinajstić information content (AvgIpc) is 2.78. The lowest BCUT2D eigenvalue weighted by molar-refractivity contribution is 0.0697. The molecule has 0 radical (unpaired) electrons. The number of aromatic carboxylic acids is 1. The maximum atomic E-state index is 11.0. The monoisotopic (exact) mass is 264 g/mol. The van der Waals surface area contributed by atoms with Crippen LogP contribution in [0.1, 0.15) is 23.7 Å². The molecule has 0 bridgehead atoms. The van der Waals surface area contributed by atoms with Gasteiger partial charge in [0, 0.05) is 18.3 Å². The van der Waals surface area contributed by atoms with Gasteiger partial charge in [0.05, 0.1) is 16.8 Å². The molecule has 0 aliphatic carbocycles. The minimum Gasteiger partial charge on any atom is -0.478 e. The van der Waals surface area contributed by atoms with E-state index in [2.05, 4.69) is 12.0 Å². The molecule has 0 spiro atoms. The van der Waals surface area contributed by atoms with Crippen molar-refractivity contribution in [2.45, 2.75) is 19.9 Å². The van der Waals surface area contributed by atoms with Crippen LogP contribution in [0.2, 0.25) is 5.02 Å². The van der Waals surface area contributed by atoms with Gasteiger partial charge >= 0.3 is 5.97 Å². The van der Waals surface area contributed by atoms with E-state index in [1.165, 1.54) is 0 Å². The number of nitrogens with zero attached hydrogens (tertiary/aromatic N) is 2. The van der Waals surface area contributed by atoms with E-state index in [-0.39, 0.29) is 10.6 Å². The first-order valence-corrected chi connectivity index (χ1v) is 6.05. The highest BCUT2D eigenvalue weighted by Crippen LogP contribution is 2.25. The number of aromatic nitrogens is 2. The number of hydrogen-bond acceptors (Lipinski definition) is 2. The second-order valence-electron chi connectivity index (χ2n) is 3.99. The molecule has 1 N–H and O–H groups in total. The first kappa shape index (κ1) is 12.6. The quantitative estimate of drug-likeness (QED) is 0.922. The predicted molar refractivity (Wildman–Crippen MR) is 69.9 cm³/mol. The summed E-state index contributed by atoms with van der Waals surface area (Å²) in [4.78, 5) is 11.0. The molecule has 0 saturated heterocycles. The van der Waals surface area contributed by atoms with Crippen LogP contribution in [0.3, 0.4) is 0 Å². The molecule has 0 saturated carbocycles. The molecule has 0 unspecified atom stereocenters. The van der Waals surface area contributed by atoms with Gasteiger partial charge in [-0.05, 0) is 24.1 Å². The summed E-state index contributed by atoms with van der Waals surface area (Å²) in [6.45, 7) is 2.92. The van der Waals surface area contributed by atoms with Gasteiger partial charge in [-0.1, -0.05) is 24.6 Å². The van der Waals surface area contributed by atoms with Gasteiger partial charge in [-0.15, -0.1) is 0 Å². The fourth-order valence-electron chi connectivity index (χ4n) is 1.73. The Kier molecular flexibility index (Phi) is 3.67. The highest BCUT2D eigenvalue weighted by atomic mass is 35.5. The minimum absolute atomic E-state index is 0.109. The van der Waals surface area contributed by atoms with Crippen LogP contribution in [0.25, 0.3) is 11.1 Å². The van der Waals surface area contributed by atoms with Crippen molar-refractivity contribution in [1.82, 2.24) is 9.78 Å². The second-order valence-corrected chi connectivity index (χ2v) is 4.40. The number of carboxylic acids is 1. The molecule has 18 heavy (non-hydrogen) atoms. The van der Waals surface area contributed by atoms with Crippen molar-refractivity contribution in [3.8, 4) is 11.1 Å². The van der Waals surface area contributed by atoms with Crippen molar-refractivity contribution in [1.29, 1.82) is 0 Å². The number of hydrogen-bond donors (Lipinski definition) is 1. The van der Waals surface area contributed by atoms with E-state index >= 15 is 0 Å². The lowest BCUT2D eigenvalue weighted by atomic mass is 10.1. The summed E-state index contributed by atoms with van der Waals surface area (Å²) in [7, 11) is 0. The summed E-state index contributed by atoms with van der Waals surface area (Å²) in [5.74, 6) is -1.03. The number of rotatable bonds is 4. The minimum atomic E-state index is -1.03. The van der Waals surface area contributed by atoms with Crippen LogP contribution in [0.15, 0.2) is 30.6 Å². The molecule has 1 heterocycles. The Labute approximate surface area is 110 Å².